The summed E-state index contributed by atoms with van der Waals surface area (Å²) in [6.07, 6.45) is 0.115. The minimum absolute atomic E-state index is 0.0369. The Morgan fingerprint density at radius 3 is 2.56 bits per heavy atom. The van der Waals surface area contributed by atoms with Crippen LogP contribution in [0.15, 0.2) is 41.8 Å². The number of benzene rings is 1. The van der Waals surface area contributed by atoms with Crippen molar-refractivity contribution in [3.05, 3.63) is 57.2 Å². The van der Waals surface area contributed by atoms with Gasteiger partial charge in [0.2, 0.25) is 5.91 Å². The Bertz CT molecular complexity index is 745. The molecule has 0 saturated carbocycles. The van der Waals surface area contributed by atoms with E-state index in [2.05, 4.69) is 10.1 Å². The molecule has 0 saturated heterocycles. The topological polar surface area (TPSA) is 72.5 Å². The highest BCUT2D eigenvalue weighted by Crippen LogP contribution is 2.25. The predicted octanol–water partition coefficient (Wildman–Crippen LogP) is 3.79. The third-order valence-corrected chi connectivity index (χ3v) is 4.84. The van der Waals surface area contributed by atoms with E-state index in [0.29, 0.717) is 15.5 Å². The molecule has 0 radical (unpaired) electrons. The van der Waals surface area contributed by atoms with Crippen LogP contribution in [0.4, 0.5) is 0 Å². The summed E-state index contributed by atoms with van der Waals surface area (Å²) < 4.78 is 4.68. The van der Waals surface area contributed by atoms with Crippen LogP contribution in [0, 0.1) is 0 Å². The van der Waals surface area contributed by atoms with E-state index >= 15 is 0 Å². The van der Waals surface area contributed by atoms with Gasteiger partial charge in [0, 0.05) is 17.9 Å². The van der Waals surface area contributed by atoms with Crippen LogP contribution in [-0.4, -0.2) is 24.8 Å². The Kier molecular flexibility index (Phi) is 7.16. The number of methoxy groups -OCH3 is 1. The van der Waals surface area contributed by atoms with E-state index in [1.807, 2.05) is 5.38 Å². The predicted molar refractivity (Wildman–Crippen MR) is 96.9 cm³/mol. The SMILES string of the molecule is COC(=O)CC(NC(=O)CCC(=O)c1cccs1)c1ccccc1Cl. The molecule has 25 heavy (non-hydrogen) atoms. The van der Waals surface area contributed by atoms with Crippen molar-refractivity contribution in [3.63, 3.8) is 0 Å². The molecule has 0 spiro atoms. The minimum Gasteiger partial charge on any atom is -0.469 e. The maximum absolute atomic E-state index is 12.2. The molecule has 0 bridgehead atoms. The zero-order valence-corrected chi connectivity index (χ0v) is 15.2. The fourth-order valence-electron chi connectivity index (χ4n) is 2.30. The number of hydrogen-bond acceptors (Lipinski definition) is 5. The van der Waals surface area contributed by atoms with Gasteiger partial charge in [0.05, 0.1) is 24.4 Å². The van der Waals surface area contributed by atoms with Crippen molar-refractivity contribution in [2.24, 2.45) is 0 Å². The summed E-state index contributed by atoms with van der Waals surface area (Å²) in [4.78, 5) is 36.5. The molecule has 0 fully saturated rings. The highest BCUT2D eigenvalue weighted by molar-refractivity contribution is 7.12. The van der Waals surface area contributed by atoms with E-state index in [1.165, 1.54) is 18.4 Å². The summed E-state index contributed by atoms with van der Waals surface area (Å²) in [5.74, 6) is -0.856. The van der Waals surface area contributed by atoms with Gasteiger partial charge in [0.15, 0.2) is 5.78 Å². The molecule has 132 valence electrons. The number of esters is 1. The average molecular weight is 380 g/mol. The molecule has 1 amide bonds. The molecule has 7 heteroatoms. The molecule has 1 heterocycles. The van der Waals surface area contributed by atoms with Gasteiger partial charge in [-0.1, -0.05) is 35.9 Å². The second kappa shape index (κ2) is 9.34. The van der Waals surface area contributed by atoms with E-state index in [4.69, 9.17) is 11.6 Å². The van der Waals surface area contributed by atoms with Crippen molar-refractivity contribution in [1.82, 2.24) is 5.32 Å². The van der Waals surface area contributed by atoms with Gasteiger partial charge in [0.25, 0.3) is 0 Å². The summed E-state index contributed by atoms with van der Waals surface area (Å²) in [5, 5.41) is 5.03. The first kappa shape index (κ1) is 19.1. The van der Waals surface area contributed by atoms with Crippen molar-refractivity contribution < 1.29 is 19.1 Å². The zero-order valence-electron chi connectivity index (χ0n) is 13.7. The van der Waals surface area contributed by atoms with Gasteiger partial charge in [-0.15, -0.1) is 11.3 Å². The van der Waals surface area contributed by atoms with Crippen molar-refractivity contribution in [2.75, 3.05) is 7.11 Å². The van der Waals surface area contributed by atoms with Crippen LogP contribution >= 0.6 is 22.9 Å². The molecule has 1 N–H and O–H groups in total. The molecule has 1 atom stereocenters. The number of hydrogen-bond donors (Lipinski definition) is 1. The van der Waals surface area contributed by atoms with E-state index < -0.39 is 12.0 Å². The zero-order chi connectivity index (χ0) is 18.2. The number of carbonyl (C=O) groups is 3. The van der Waals surface area contributed by atoms with Crippen LogP contribution < -0.4 is 5.32 Å². The molecule has 2 rings (SSSR count). The summed E-state index contributed by atoms with van der Waals surface area (Å²) in [6.45, 7) is 0. The third-order valence-electron chi connectivity index (χ3n) is 3.59. The molecular formula is C18H18ClNO4S. The molecule has 1 unspecified atom stereocenters. The van der Waals surface area contributed by atoms with Gasteiger partial charge in [0.1, 0.15) is 0 Å². The van der Waals surface area contributed by atoms with Crippen LogP contribution in [0.1, 0.15) is 40.5 Å². The van der Waals surface area contributed by atoms with Gasteiger partial charge < -0.3 is 10.1 Å². The maximum Gasteiger partial charge on any atom is 0.307 e. The van der Waals surface area contributed by atoms with Gasteiger partial charge in [-0.3, -0.25) is 14.4 Å². The van der Waals surface area contributed by atoms with E-state index in [0.717, 1.165) is 0 Å². The average Bonchev–Trinajstić information content (AvgIpc) is 3.14. The van der Waals surface area contributed by atoms with Gasteiger partial charge >= 0.3 is 5.97 Å². The Morgan fingerprint density at radius 1 is 1.16 bits per heavy atom. The first-order chi connectivity index (χ1) is 12.0. The molecule has 1 aromatic heterocycles. The van der Waals surface area contributed by atoms with E-state index in [-0.39, 0.29) is 31.0 Å². The Morgan fingerprint density at radius 2 is 1.92 bits per heavy atom. The molecule has 0 aliphatic carbocycles. The molecule has 0 aliphatic heterocycles. The number of halogens is 1. The van der Waals surface area contributed by atoms with Gasteiger partial charge in [-0.05, 0) is 23.1 Å². The fourth-order valence-corrected chi connectivity index (χ4v) is 3.26. The highest BCUT2D eigenvalue weighted by atomic mass is 35.5. The lowest BCUT2D eigenvalue weighted by Crippen LogP contribution is -2.30. The standard InChI is InChI=1S/C18H18ClNO4S/c1-24-18(23)11-14(12-5-2-3-6-13(12)19)20-17(22)9-8-15(21)16-7-4-10-25-16/h2-7,10,14H,8-9,11H2,1H3,(H,20,22). The minimum atomic E-state index is -0.606. The Balaban J connectivity index is 2.00. The monoisotopic (exact) mass is 379 g/mol. The van der Waals surface area contributed by atoms with E-state index in [1.54, 1.807) is 36.4 Å². The number of nitrogens with one attached hydrogen (secondary N) is 1. The van der Waals surface area contributed by atoms with Crippen LogP contribution in [0.5, 0.6) is 0 Å². The smallest absolute Gasteiger partial charge is 0.307 e. The number of carbonyl (C=O) groups excluding carboxylic acids is 3. The number of amides is 1. The van der Waals surface area contributed by atoms with Crippen LogP contribution in [0.2, 0.25) is 5.02 Å². The van der Waals surface area contributed by atoms with Gasteiger partial charge in [-0.2, -0.15) is 0 Å². The largest absolute Gasteiger partial charge is 0.469 e. The highest BCUT2D eigenvalue weighted by Gasteiger charge is 2.21. The number of rotatable bonds is 8. The fraction of sp³-hybridized carbons (Fsp3) is 0.278. The lowest BCUT2D eigenvalue weighted by molar-refractivity contribution is -0.141. The summed E-state index contributed by atoms with van der Waals surface area (Å²) >= 11 is 7.51. The normalized spacial score (nSPS) is 11.6. The number of thiophene rings is 1. The first-order valence-electron chi connectivity index (χ1n) is 7.68. The number of Topliss-reactive ketones (excluding diaryl/α,β-unsaturated/α-hetero) is 1. The molecular weight excluding hydrogens is 362 g/mol. The first-order valence-corrected chi connectivity index (χ1v) is 8.94. The Labute approximate surface area is 154 Å². The molecule has 1 aromatic carbocycles. The lowest BCUT2D eigenvalue weighted by atomic mass is 10.0. The number of ketones is 1. The second-order valence-electron chi connectivity index (χ2n) is 5.32. The van der Waals surface area contributed by atoms with Crippen molar-refractivity contribution >= 4 is 40.6 Å². The van der Waals surface area contributed by atoms with Crippen molar-refractivity contribution in [2.45, 2.75) is 25.3 Å². The van der Waals surface area contributed by atoms with Crippen LogP contribution in [-0.2, 0) is 14.3 Å². The summed E-state index contributed by atoms with van der Waals surface area (Å²) in [5.41, 5.74) is 0.632. The third kappa shape index (κ3) is 5.69. The summed E-state index contributed by atoms with van der Waals surface area (Å²) in [6, 6.07) is 9.89. The van der Waals surface area contributed by atoms with Crippen molar-refractivity contribution in [1.29, 1.82) is 0 Å². The van der Waals surface area contributed by atoms with Crippen LogP contribution in [0.3, 0.4) is 0 Å². The second-order valence-corrected chi connectivity index (χ2v) is 6.68. The Hall–Kier alpha value is -2.18. The molecule has 2 aromatic rings. The quantitative estimate of drug-likeness (QED) is 0.559. The summed E-state index contributed by atoms with van der Waals surface area (Å²) in [7, 11) is 1.29. The molecule has 0 aliphatic rings. The van der Waals surface area contributed by atoms with Crippen LogP contribution in [0.25, 0.3) is 0 Å². The maximum atomic E-state index is 12.2. The van der Waals surface area contributed by atoms with E-state index in [9.17, 15) is 14.4 Å². The lowest BCUT2D eigenvalue weighted by Gasteiger charge is -2.19. The van der Waals surface area contributed by atoms with Gasteiger partial charge in [-0.25, -0.2) is 0 Å². The number of ether oxygens (including phenoxy) is 1. The molecule has 5 nitrogen and oxygen atoms in total. The van der Waals surface area contributed by atoms with Crippen molar-refractivity contribution in [3.8, 4) is 0 Å².